The van der Waals surface area contributed by atoms with Crippen LogP contribution in [0.15, 0.2) is 12.7 Å². The van der Waals surface area contributed by atoms with E-state index in [-0.39, 0.29) is 12.5 Å². The van der Waals surface area contributed by atoms with Crippen LogP contribution in [0.3, 0.4) is 0 Å². The third-order valence-electron chi connectivity index (χ3n) is 2.00. The van der Waals surface area contributed by atoms with Crippen molar-refractivity contribution >= 4 is 0 Å². The van der Waals surface area contributed by atoms with Gasteiger partial charge in [-0.3, -0.25) is 0 Å². The van der Waals surface area contributed by atoms with Crippen molar-refractivity contribution in [3.63, 3.8) is 0 Å². The lowest BCUT2D eigenvalue weighted by molar-refractivity contribution is 0.0150. The van der Waals surface area contributed by atoms with Gasteiger partial charge in [-0.2, -0.15) is 0 Å². The van der Waals surface area contributed by atoms with Gasteiger partial charge in [-0.15, -0.1) is 6.58 Å². The van der Waals surface area contributed by atoms with Crippen LogP contribution in [0.1, 0.15) is 19.8 Å². The summed E-state index contributed by atoms with van der Waals surface area (Å²) < 4.78 is 5.12. The summed E-state index contributed by atoms with van der Waals surface area (Å²) in [6, 6.07) is 0. The van der Waals surface area contributed by atoms with E-state index >= 15 is 0 Å². The van der Waals surface area contributed by atoms with E-state index in [2.05, 4.69) is 6.58 Å². The van der Waals surface area contributed by atoms with Crippen LogP contribution in [-0.2, 0) is 4.74 Å². The fourth-order valence-electron chi connectivity index (χ4n) is 1.04. The molecular formula is C10H20O3. The van der Waals surface area contributed by atoms with E-state index in [1.807, 2.05) is 6.92 Å². The number of aliphatic hydroxyl groups is 2. The molecule has 0 aliphatic heterocycles. The van der Waals surface area contributed by atoms with Gasteiger partial charge in [0.15, 0.2) is 0 Å². The lowest BCUT2D eigenvalue weighted by Crippen LogP contribution is -2.24. The first-order chi connectivity index (χ1) is 6.22. The van der Waals surface area contributed by atoms with Crippen LogP contribution < -0.4 is 0 Å². The number of hydrogen-bond donors (Lipinski definition) is 2. The second-order valence-electron chi connectivity index (χ2n) is 3.24. The zero-order chi connectivity index (χ0) is 10.1. The predicted molar refractivity (Wildman–Crippen MR) is 52.5 cm³/mol. The molecule has 2 N–H and O–H groups in total. The molecule has 0 rings (SSSR count). The third kappa shape index (κ3) is 6.75. The van der Waals surface area contributed by atoms with Gasteiger partial charge in [0.2, 0.25) is 0 Å². The number of rotatable bonds is 8. The Morgan fingerprint density at radius 2 is 2.23 bits per heavy atom. The van der Waals surface area contributed by atoms with Crippen molar-refractivity contribution in [2.24, 2.45) is 5.92 Å². The Bertz CT molecular complexity index is 125. The van der Waals surface area contributed by atoms with Gasteiger partial charge >= 0.3 is 0 Å². The maximum absolute atomic E-state index is 9.53. The molecule has 0 aromatic carbocycles. The van der Waals surface area contributed by atoms with E-state index in [9.17, 15) is 5.11 Å². The highest BCUT2D eigenvalue weighted by Gasteiger charge is 2.13. The Kier molecular flexibility index (Phi) is 7.99. The molecule has 0 aromatic heterocycles. The normalized spacial score (nSPS) is 15.3. The smallest absolute Gasteiger partial charge is 0.0799 e. The largest absolute Gasteiger partial charge is 0.396 e. The molecule has 0 saturated carbocycles. The molecule has 0 aliphatic rings. The van der Waals surface area contributed by atoms with Crippen LogP contribution in [0.25, 0.3) is 0 Å². The maximum atomic E-state index is 9.53. The van der Waals surface area contributed by atoms with E-state index in [1.54, 1.807) is 6.08 Å². The van der Waals surface area contributed by atoms with E-state index in [0.29, 0.717) is 13.2 Å². The summed E-state index contributed by atoms with van der Waals surface area (Å²) in [6.07, 6.45) is 2.78. The molecule has 0 aromatic rings. The van der Waals surface area contributed by atoms with Crippen molar-refractivity contribution in [1.29, 1.82) is 0 Å². The summed E-state index contributed by atoms with van der Waals surface area (Å²) in [7, 11) is 0. The zero-order valence-electron chi connectivity index (χ0n) is 8.28. The van der Waals surface area contributed by atoms with Gasteiger partial charge in [0.1, 0.15) is 0 Å². The third-order valence-corrected chi connectivity index (χ3v) is 2.00. The Labute approximate surface area is 80.0 Å². The molecule has 3 heteroatoms. The molecule has 3 nitrogen and oxygen atoms in total. The lowest BCUT2D eigenvalue weighted by Gasteiger charge is -2.17. The Hall–Kier alpha value is -0.380. The average molecular weight is 188 g/mol. The minimum atomic E-state index is -0.438. The van der Waals surface area contributed by atoms with Crippen molar-refractivity contribution in [2.75, 3.05) is 19.8 Å². The summed E-state index contributed by atoms with van der Waals surface area (Å²) in [6.45, 7) is 6.48. The van der Waals surface area contributed by atoms with E-state index in [1.165, 1.54) is 0 Å². The first-order valence-electron chi connectivity index (χ1n) is 4.70. The van der Waals surface area contributed by atoms with Gasteiger partial charge in [0.25, 0.3) is 0 Å². The molecule has 0 radical (unpaired) electrons. The topological polar surface area (TPSA) is 49.7 Å². The second kappa shape index (κ2) is 8.23. The Morgan fingerprint density at radius 3 is 2.77 bits per heavy atom. The van der Waals surface area contributed by atoms with Crippen LogP contribution in [0, 0.1) is 5.92 Å². The van der Waals surface area contributed by atoms with Crippen molar-refractivity contribution < 1.29 is 14.9 Å². The molecule has 78 valence electrons. The van der Waals surface area contributed by atoms with Gasteiger partial charge in [0, 0.05) is 6.61 Å². The van der Waals surface area contributed by atoms with Crippen LogP contribution in [0.5, 0.6) is 0 Å². The van der Waals surface area contributed by atoms with Gasteiger partial charge in [-0.05, 0) is 18.8 Å². The lowest BCUT2D eigenvalue weighted by atomic mass is 10.00. The highest BCUT2D eigenvalue weighted by molar-refractivity contribution is 4.67. The van der Waals surface area contributed by atoms with Crippen LogP contribution >= 0.6 is 0 Å². The van der Waals surface area contributed by atoms with Crippen molar-refractivity contribution in [3.8, 4) is 0 Å². The van der Waals surface area contributed by atoms with Crippen LogP contribution in [0.2, 0.25) is 0 Å². The van der Waals surface area contributed by atoms with Crippen LogP contribution in [0.4, 0.5) is 0 Å². The minimum absolute atomic E-state index is 0.178. The average Bonchev–Trinajstić information content (AvgIpc) is 2.14. The molecule has 0 heterocycles. The Morgan fingerprint density at radius 1 is 1.54 bits per heavy atom. The van der Waals surface area contributed by atoms with Gasteiger partial charge < -0.3 is 14.9 Å². The summed E-state index contributed by atoms with van der Waals surface area (Å²) in [5.41, 5.74) is 0. The standard InChI is InChI=1S/C10H20O3/c1-3-7-13-8-10(12)9(2)5-4-6-11/h3,9-12H,1,4-8H2,2H3. The number of aliphatic hydroxyl groups excluding tert-OH is 2. The monoisotopic (exact) mass is 188 g/mol. The minimum Gasteiger partial charge on any atom is -0.396 e. The quantitative estimate of drug-likeness (QED) is 0.440. The molecule has 0 fully saturated rings. The molecule has 13 heavy (non-hydrogen) atoms. The van der Waals surface area contributed by atoms with Crippen molar-refractivity contribution in [3.05, 3.63) is 12.7 Å². The molecular weight excluding hydrogens is 168 g/mol. The van der Waals surface area contributed by atoms with Crippen LogP contribution in [-0.4, -0.2) is 36.1 Å². The van der Waals surface area contributed by atoms with Crippen molar-refractivity contribution in [1.82, 2.24) is 0 Å². The number of ether oxygens (including phenoxy) is 1. The second-order valence-corrected chi connectivity index (χ2v) is 3.24. The fraction of sp³-hybridized carbons (Fsp3) is 0.800. The highest BCUT2D eigenvalue weighted by atomic mass is 16.5. The molecule has 0 bridgehead atoms. The summed E-state index contributed by atoms with van der Waals surface area (Å²) in [4.78, 5) is 0. The predicted octanol–water partition coefficient (Wildman–Crippen LogP) is 0.958. The van der Waals surface area contributed by atoms with Gasteiger partial charge in [0.05, 0.1) is 19.3 Å². The first kappa shape index (κ1) is 12.6. The van der Waals surface area contributed by atoms with Gasteiger partial charge in [-0.1, -0.05) is 13.0 Å². The summed E-state index contributed by atoms with van der Waals surface area (Å²) >= 11 is 0. The molecule has 0 saturated heterocycles. The Balaban J connectivity index is 3.43. The summed E-state index contributed by atoms with van der Waals surface area (Å²) in [5, 5.41) is 18.1. The number of hydrogen-bond acceptors (Lipinski definition) is 3. The van der Waals surface area contributed by atoms with E-state index in [0.717, 1.165) is 12.8 Å². The first-order valence-corrected chi connectivity index (χ1v) is 4.70. The van der Waals surface area contributed by atoms with E-state index < -0.39 is 6.10 Å². The molecule has 0 aliphatic carbocycles. The zero-order valence-corrected chi connectivity index (χ0v) is 8.28. The van der Waals surface area contributed by atoms with E-state index in [4.69, 9.17) is 9.84 Å². The molecule has 2 atom stereocenters. The highest BCUT2D eigenvalue weighted by Crippen LogP contribution is 2.10. The maximum Gasteiger partial charge on any atom is 0.0799 e. The molecule has 0 spiro atoms. The fourth-order valence-corrected chi connectivity index (χ4v) is 1.04. The summed E-state index contributed by atoms with van der Waals surface area (Å²) in [5.74, 6) is 0.178. The SMILES string of the molecule is C=CCOCC(O)C(C)CCCO. The van der Waals surface area contributed by atoms with Crippen molar-refractivity contribution in [2.45, 2.75) is 25.9 Å². The molecule has 2 unspecified atom stereocenters. The molecule has 0 amide bonds. The van der Waals surface area contributed by atoms with Gasteiger partial charge in [-0.25, -0.2) is 0 Å².